The normalized spacial score (nSPS) is 23.4. The van der Waals surface area contributed by atoms with Gasteiger partial charge in [0, 0.05) is 31.7 Å². The fraction of sp³-hybridized carbons (Fsp3) is 0.647. The van der Waals surface area contributed by atoms with Crippen LogP contribution in [-0.2, 0) is 6.42 Å². The number of nitrogens with zero attached hydrogens (tertiary/aromatic N) is 2. The van der Waals surface area contributed by atoms with E-state index in [4.69, 9.17) is 5.73 Å². The van der Waals surface area contributed by atoms with Gasteiger partial charge in [0.1, 0.15) is 0 Å². The van der Waals surface area contributed by atoms with Gasteiger partial charge in [0.2, 0.25) is 0 Å². The third kappa shape index (κ3) is 4.05. The van der Waals surface area contributed by atoms with Crippen LogP contribution in [0.1, 0.15) is 25.3 Å². The van der Waals surface area contributed by atoms with Crippen LogP contribution in [0.4, 0.5) is 0 Å². The van der Waals surface area contributed by atoms with Crippen LogP contribution in [0, 0.1) is 0 Å². The minimum absolute atomic E-state index is 0.467. The topological polar surface area (TPSA) is 32.5 Å². The Bertz CT molecular complexity index is 379. The Morgan fingerprint density at radius 3 is 2.65 bits per heavy atom. The molecular weight excluding hydrogens is 246 g/mol. The van der Waals surface area contributed by atoms with E-state index in [0.29, 0.717) is 12.1 Å². The first-order valence-electron chi connectivity index (χ1n) is 7.92. The molecule has 3 nitrogen and oxygen atoms in total. The standard InChI is InChI=1S/C17H29N3/c1-3-16-14-19(2)10-7-11-20(16)17(13-18)12-15-8-5-4-6-9-15/h4-6,8-9,16-17H,3,7,10-14,18H2,1-2H3. The molecule has 0 aliphatic carbocycles. The Hall–Kier alpha value is -0.900. The molecule has 2 unspecified atom stereocenters. The van der Waals surface area contributed by atoms with Gasteiger partial charge in [0.05, 0.1) is 0 Å². The summed E-state index contributed by atoms with van der Waals surface area (Å²) in [4.78, 5) is 5.13. The van der Waals surface area contributed by atoms with Crippen molar-refractivity contribution in [1.29, 1.82) is 0 Å². The Morgan fingerprint density at radius 1 is 1.25 bits per heavy atom. The summed E-state index contributed by atoms with van der Waals surface area (Å²) in [5.74, 6) is 0. The van der Waals surface area contributed by atoms with Gasteiger partial charge in [0.15, 0.2) is 0 Å². The molecule has 20 heavy (non-hydrogen) atoms. The fourth-order valence-corrected chi connectivity index (χ4v) is 3.33. The second kappa shape index (κ2) is 7.77. The predicted octanol–water partition coefficient (Wildman–Crippen LogP) is 1.97. The van der Waals surface area contributed by atoms with Crippen molar-refractivity contribution >= 4 is 0 Å². The molecule has 1 aromatic rings. The third-order valence-electron chi connectivity index (χ3n) is 4.47. The first kappa shape index (κ1) is 15.5. The maximum Gasteiger partial charge on any atom is 0.0262 e. The lowest BCUT2D eigenvalue weighted by Crippen LogP contribution is -2.49. The summed E-state index contributed by atoms with van der Waals surface area (Å²) in [6.07, 6.45) is 3.52. The zero-order valence-electron chi connectivity index (χ0n) is 13.0. The molecule has 112 valence electrons. The van der Waals surface area contributed by atoms with Crippen molar-refractivity contribution < 1.29 is 0 Å². The van der Waals surface area contributed by atoms with Gasteiger partial charge < -0.3 is 10.6 Å². The summed E-state index contributed by atoms with van der Waals surface area (Å²) in [7, 11) is 2.24. The molecule has 0 bridgehead atoms. The third-order valence-corrected chi connectivity index (χ3v) is 4.47. The van der Waals surface area contributed by atoms with E-state index in [1.807, 2.05) is 0 Å². The average Bonchev–Trinajstić information content (AvgIpc) is 2.67. The Morgan fingerprint density at radius 2 is 2.00 bits per heavy atom. The molecule has 2 atom stereocenters. The number of hydrogen-bond donors (Lipinski definition) is 1. The Kier molecular flexibility index (Phi) is 6.02. The summed E-state index contributed by atoms with van der Waals surface area (Å²) in [6, 6.07) is 11.9. The second-order valence-corrected chi connectivity index (χ2v) is 5.99. The van der Waals surface area contributed by atoms with Crippen LogP contribution in [-0.4, -0.2) is 55.1 Å². The lowest BCUT2D eigenvalue weighted by Gasteiger charge is -2.36. The van der Waals surface area contributed by atoms with E-state index in [9.17, 15) is 0 Å². The summed E-state index contributed by atoms with van der Waals surface area (Å²) in [6.45, 7) is 6.59. The molecule has 2 N–H and O–H groups in total. The van der Waals surface area contributed by atoms with Gasteiger partial charge in [-0.3, -0.25) is 4.90 Å². The van der Waals surface area contributed by atoms with Crippen molar-refractivity contribution in [3.63, 3.8) is 0 Å². The van der Waals surface area contributed by atoms with Crippen LogP contribution < -0.4 is 5.73 Å². The molecule has 0 aromatic heterocycles. The number of likely N-dealkylation sites (N-methyl/N-ethyl adjacent to an activating group) is 1. The van der Waals surface area contributed by atoms with Crippen LogP contribution >= 0.6 is 0 Å². The largest absolute Gasteiger partial charge is 0.329 e. The molecule has 0 spiro atoms. The highest BCUT2D eigenvalue weighted by Gasteiger charge is 2.27. The number of hydrogen-bond acceptors (Lipinski definition) is 3. The first-order valence-corrected chi connectivity index (χ1v) is 7.92. The van der Waals surface area contributed by atoms with Crippen molar-refractivity contribution in [2.24, 2.45) is 5.73 Å². The van der Waals surface area contributed by atoms with Crippen LogP contribution in [0.25, 0.3) is 0 Å². The minimum Gasteiger partial charge on any atom is -0.329 e. The van der Waals surface area contributed by atoms with Crippen LogP contribution in [0.15, 0.2) is 30.3 Å². The summed E-state index contributed by atoms with van der Waals surface area (Å²) in [5, 5.41) is 0. The van der Waals surface area contributed by atoms with E-state index < -0.39 is 0 Å². The molecule has 3 heteroatoms. The van der Waals surface area contributed by atoms with Gasteiger partial charge >= 0.3 is 0 Å². The molecule has 1 aliphatic rings. The van der Waals surface area contributed by atoms with Crippen molar-refractivity contribution in [3.8, 4) is 0 Å². The maximum absolute atomic E-state index is 6.10. The molecule has 1 heterocycles. The fourth-order valence-electron chi connectivity index (χ4n) is 3.33. The van der Waals surface area contributed by atoms with Crippen molar-refractivity contribution in [2.45, 2.75) is 38.3 Å². The highest BCUT2D eigenvalue weighted by Crippen LogP contribution is 2.18. The van der Waals surface area contributed by atoms with E-state index >= 15 is 0 Å². The monoisotopic (exact) mass is 275 g/mol. The predicted molar refractivity (Wildman–Crippen MR) is 85.9 cm³/mol. The molecule has 2 rings (SSSR count). The summed E-state index contributed by atoms with van der Waals surface area (Å²) < 4.78 is 0. The van der Waals surface area contributed by atoms with E-state index in [1.165, 1.54) is 38.0 Å². The minimum atomic E-state index is 0.467. The number of benzene rings is 1. The molecule has 1 saturated heterocycles. The quantitative estimate of drug-likeness (QED) is 0.892. The van der Waals surface area contributed by atoms with Crippen LogP contribution in [0.2, 0.25) is 0 Å². The van der Waals surface area contributed by atoms with Crippen LogP contribution in [0.3, 0.4) is 0 Å². The zero-order valence-corrected chi connectivity index (χ0v) is 13.0. The highest BCUT2D eigenvalue weighted by molar-refractivity contribution is 5.16. The van der Waals surface area contributed by atoms with Gasteiger partial charge in [-0.05, 0) is 38.4 Å². The smallest absolute Gasteiger partial charge is 0.0262 e. The van der Waals surface area contributed by atoms with E-state index in [1.54, 1.807) is 0 Å². The van der Waals surface area contributed by atoms with Gasteiger partial charge in [-0.2, -0.15) is 0 Å². The van der Waals surface area contributed by atoms with Crippen molar-refractivity contribution in [1.82, 2.24) is 9.80 Å². The zero-order chi connectivity index (χ0) is 14.4. The lowest BCUT2D eigenvalue weighted by molar-refractivity contribution is 0.130. The second-order valence-electron chi connectivity index (χ2n) is 5.99. The lowest BCUT2D eigenvalue weighted by atomic mass is 10.0. The number of rotatable bonds is 5. The Labute approximate surface area is 123 Å². The van der Waals surface area contributed by atoms with Gasteiger partial charge in [-0.15, -0.1) is 0 Å². The molecule has 1 fully saturated rings. The SMILES string of the molecule is CCC1CN(C)CCCN1C(CN)Cc1ccccc1. The van der Waals surface area contributed by atoms with Gasteiger partial charge in [-0.1, -0.05) is 37.3 Å². The van der Waals surface area contributed by atoms with E-state index in [-0.39, 0.29) is 0 Å². The number of nitrogens with two attached hydrogens (primary N) is 1. The van der Waals surface area contributed by atoms with E-state index in [0.717, 1.165) is 13.0 Å². The van der Waals surface area contributed by atoms with Gasteiger partial charge in [-0.25, -0.2) is 0 Å². The highest BCUT2D eigenvalue weighted by atomic mass is 15.3. The van der Waals surface area contributed by atoms with Gasteiger partial charge in [0.25, 0.3) is 0 Å². The van der Waals surface area contributed by atoms with Crippen molar-refractivity contribution in [2.75, 3.05) is 33.2 Å². The molecule has 1 aliphatic heterocycles. The maximum atomic E-state index is 6.10. The molecular formula is C17H29N3. The molecule has 0 amide bonds. The van der Waals surface area contributed by atoms with Crippen molar-refractivity contribution in [3.05, 3.63) is 35.9 Å². The molecule has 1 aromatic carbocycles. The molecule has 0 radical (unpaired) electrons. The Balaban J connectivity index is 2.08. The molecule has 0 saturated carbocycles. The van der Waals surface area contributed by atoms with E-state index in [2.05, 4.69) is 54.1 Å². The van der Waals surface area contributed by atoms with Crippen LogP contribution in [0.5, 0.6) is 0 Å². The first-order chi connectivity index (χ1) is 9.74. The summed E-state index contributed by atoms with van der Waals surface area (Å²) >= 11 is 0. The average molecular weight is 275 g/mol. The summed E-state index contributed by atoms with van der Waals surface area (Å²) in [5.41, 5.74) is 7.50.